The molecule has 11 heteroatoms. The highest BCUT2D eigenvalue weighted by Crippen LogP contribution is 2.39. The first-order chi connectivity index (χ1) is 14.1. The lowest BCUT2D eigenvalue weighted by molar-refractivity contribution is 0.0267. The van der Waals surface area contributed by atoms with Crippen molar-refractivity contribution in [2.75, 3.05) is 24.7 Å². The smallest absolute Gasteiger partial charge is 0.271 e. The number of nitrogens with zero attached hydrogens (tertiary/aromatic N) is 4. The molecule has 4 rings (SSSR count). The van der Waals surface area contributed by atoms with Gasteiger partial charge in [0.05, 0.1) is 17.9 Å². The van der Waals surface area contributed by atoms with Crippen LogP contribution in [0.2, 0.25) is 5.02 Å². The Hall–Kier alpha value is -1.75. The highest BCUT2D eigenvalue weighted by molar-refractivity contribution is 7.88. The molecule has 2 fully saturated rings. The minimum atomic E-state index is -3.19. The fourth-order valence-electron chi connectivity index (χ4n) is 4.50. The number of rotatable bonds is 4. The van der Waals surface area contributed by atoms with Gasteiger partial charge >= 0.3 is 0 Å². The first kappa shape index (κ1) is 21.5. The van der Waals surface area contributed by atoms with E-state index >= 15 is 0 Å². The Bertz CT molecular complexity index is 1130. The fourth-order valence-corrected chi connectivity index (χ4v) is 5.58. The number of fused-ring (bicyclic) bond motifs is 1. The van der Waals surface area contributed by atoms with Crippen molar-refractivity contribution >= 4 is 38.6 Å². The van der Waals surface area contributed by atoms with Crippen molar-refractivity contribution in [1.82, 2.24) is 18.8 Å². The van der Waals surface area contributed by atoms with Gasteiger partial charge < -0.3 is 10.4 Å². The van der Waals surface area contributed by atoms with Crippen molar-refractivity contribution in [3.8, 4) is 0 Å². The molecule has 0 spiro atoms. The molecule has 30 heavy (non-hydrogen) atoms. The van der Waals surface area contributed by atoms with Gasteiger partial charge in [0.25, 0.3) is 5.56 Å². The predicted octanol–water partition coefficient (Wildman–Crippen LogP) is 1.76. The standard InChI is InChI=1S/C19H26ClN5O4S/c1-19(27)7-3-4-15(19)25-16-12(10-14(20)17(25)26)11-21-18(23-16)22-13-5-8-24(9-6-13)30(2,28)29/h10-11,13,15,27H,3-9H2,1-2H3,(H,21,22,23)/t15-,19-/m0/s1. The SMILES string of the molecule is C[C@]1(O)CCC[C@@H]1n1c(=O)c(Cl)cc2cnc(NC3CCN(S(C)(=O)=O)CC3)nc21. The number of aromatic nitrogens is 3. The maximum absolute atomic E-state index is 12.9. The van der Waals surface area contributed by atoms with Gasteiger partial charge in [0.15, 0.2) is 0 Å². The van der Waals surface area contributed by atoms with Gasteiger partial charge in [-0.2, -0.15) is 4.98 Å². The summed E-state index contributed by atoms with van der Waals surface area (Å²) in [5.74, 6) is 0.369. The number of hydrogen-bond acceptors (Lipinski definition) is 7. The van der Waals surface area contributed by atoms with Crippen molar-refractivity contribution in [1.29, 1.82) is 0 Å². The van der Waals surface area contributed by atoms with Crippen LogP contribution in [0.5, 0.6) is 0 Å². The van der Waals surface area contributed by atoms with Gasteiger partial charge in [0.2, 0.25) is 16.0 Å². The average molecular weight is 456 g/mol. The second-order valence-electron chi connectivity index (χ2n) is 8.49. The minimum absolute atomic E-state index is 0.0301. The number of anilines is 1. The molecule has 2 atom stereocenters. The zero-order valence-electron chi connectivity index (χ0n) is 17.0. The molecular weight excluding hydrogens is 430 g/mol. The molecule has 1 saturated carbocycles. The van der Waals surface area contributed by atoms with E-state index in [2.05, 4.69) is 15.3 Å². The van der Waals surface area contributed by atoms with Crippen molar-refractivity contribution in [2.24, 2.45) is 0 Å². The monoisotopic (exact) mass is 455 g/mol. The van der Waals surface area contributed by atoms with E-state index in [-0.39, 0.29) is 16.6 Å². The maximum Gasteiger partial charge on any atom is 0.271 e. The Morgan fingerprint density at radius 3 is 2.60 bits per heavy atom. The average Bonchev–Trinajstić information content (AvgIpc) is 3.02. The number of piperidine rings is 1. The molecule has 2 aromatic rings. The van der Waals surface area contributed by atoms with Crippen molar-refractivity contribution in [3.05, 3.63) is 27.6 Å². The summed E-state index contributed by atoms with van der Waals surface area (Å²) in [6.07, 6.45) is 6.19. The van der Waals surface area contributed by atoms with Crippen molar-refractivity contribution in [2.45, 2.75) is 56.7 Å². The van der Waals surface area contributed by atoms with Crippen LogP contribution in [-0.2, 0) is 10.0 Å². The first-order valence-corrected chi connectivity index (χ1v) is 12.3. The molecule has 164 valence electrons. The van der Waals surface area contributed by atoms with Gasteiger partial charge in [-0.05, 0) is 45.1 Å². The first-order valence-electron chi connectivity index (χ1n) is 10.1. The Labute approximate surface area is 180 Å². The maximum atomic E-state index is 12.9. The third-order valence-corrected chi connectivity index (χ3v) is 7.75. The van der Waals surface area contributed by atoms with Crippen LogP contribution in [0.4, 0.5) is 5.95 Å². The normalized spacial score (nSPS) is 26.3. The predicted molar refractivity (Wildman–Crippen MR) is 115 cm³/mol. The van der Waals surface area contributed by atoms with Crippen molar-refractivity contribution in [3.63, 3.8) is 0 Å². The molecule has 1 saturated heterocycles. The topological polar surface area (TPSA) is 117 Å². The van der Waals surface area contributed by atoms with Gasteiger partial charge in [-0.25, -0.2) is 17.7 Å². The summed E-state index contributed by atoms with van der Waals surface area (Å²) in [4.78, 5) is 21.8. The molecule has 1 aliphatic heterocycles. The van der Waals surface area contributed by atoms with Crippen LogP contribution in [0.1, 0.15) is 45.1 Å². The van der Waals surface area contributed by atoms with Crippen LogP contribution < -0.4 is 10.9 Å². The molecule has 3 heterocycles. The van der Waals surface area contributed by atoms with Gasteiger partial charge in [0.1, 0.15) is 10.7 Å². The zero-order chi connectivity index (χ0) is 21.7. The van der Waals surface area contributed by atoms with E-state index in [0.29, 0.717) is 55.8 Å². The third-order valence-electron chi connectivity index (χ3n) is 6.18. The molecule has 2 N–H and O–H groups in total. The number of halogens is 1. The lowest BCUT2D eigenvalue weighted by Crippen LogP contribution is -2.42. The molecule has 0 amide bonds. The molecular formula is C19H26ClN5O4S. The number of hydrogen-bond donors (Lipinski definition) is 2. The fraction of sp³-hybridized carbons (Fsp3) is 0.632. The molecule has 0 unspecified atom stereocenters. The van der Waals surface area contributed by atoms with Crippen LogP contribution in [0.25, 0.3) is 11.0 Å². The molecule has 0 aromatic carbocycles. The van der Waals surface area contributed by atoms with Crippen LogP contribution in [-0.4, -0.2) is 63.4 Å². The van der Waals surface area contributed by atoms with E-state index in [0.717, 1.165) is 6.42 Å². The second-order valence-corrected chi connectivity index (χ2v) is 10.9. The van der Waals surface area contributed by atoms with Gasteiger partial charge in [-0.3, -0.25) is 9.36 Å². The Kier molecular flexibility index (Phi) is 5.54. The number of pyridine rings is 1. The Morgan fingerprint density at radius 2 is 2.00 bits per heavy atom. The second kappa shape index (κ2) is 7.74. The molecule has 1 aliphatic carbocycles. The minimum Gasteiger partial charge on any atom is -0.388 e. The summed E-state index contributed by atoms with van der Waals surface area (Å²) >= 11 is 6.17. The molecule has 0 radical (unpaired) electrons. The summed E-state index contributed by atoms with van der Waals surface area (Å²) in [6.45, 7) is 2.62. The molecule has 2 aromatic heterocycles. The summed E-state index contributed by atoms with van der Waals surface area (Å²) in [5.41, 5.74) is -0.955. The summed E-state index contributed by atoms with van der Waals surface area (Å²) in [7, 11) is -3.19. The van der Waals surface area contributed by atoms with Gasteiger partial charge in [-0.1, -0.05) is 11.6 Å². The molecule has 9 nitrogen and oxygen atoms in total. The summed E-state index contributed by atoms with van der Waals surface area (Å²) in [6, 6.07) is 1.17. The lowest BCUT2D eigenvalue weighted by atomic mass is 10.00. The molecule has 0 bridgehead atoms. The van der Waals surface area contributed by atoms with Crippen molar-refractivity contribution < 1.29 is 13.5 Å². The van der Waals surface area contributed by atoms with Gasteiger partial charge in [0, 0.05) is 30.7 Å². The zero-order valence-corrected chi connectivity index (χ0v) is 18.6. The molecule has 2 aliphatic rings. The van der Waals surface area contributed by atoms with Gasteiger partial charge in [-0.15, -0.1) is 0 Å². The third kappa shape index (κ3) is 4.05. The summed E-state index contributed by atoms with van der Waals surface area (Å²) < 4.78 is 26.4. The lowest BCUT2D eigenvalue weighted by Gasteiger charge is -2.31. The highest BCUT2D eigenvalue weighted by atomic mass is 35.5. The number of sulfonamides is 1. The van der Waals surface area contributed by atoms with E-state index in [9.17, 15) is 18.3 Å². The van der Waals surface area contributed by atoms with Crippen LogP contribution >= 0.6 is 11.6 Å². The van der Waals surface area contributed by atoms with Crippen LogP contribution in [0.3, 0.4) is 0 Å². The largest absolute Gasteiger partial charge is 0.388 e. The van der Waals surface area contributed by atoms with E-state index in [4.69, 9.17) is 11.6 Å². The van der Waals surface area contributed by atoms with E-state index < -0.39 is 21.7 Å². The number of aliphatic hydroxyl groups is 1. The van der Waals surface area contributed by atoms with Crippen LogP contribution in [0, 0.1) is 0 Å². The van der Waals surface area contributed by atoms with Crippen LogP contribution in [0.15, 0.2) is 17.1 Å². The highest BCUT2D eigenvalue weighted by Gasteiger charge is 2.39. The van der Waals surface area contributed by atoms with E-state index in [1.165, 1.54) is 15.1 Å². The number of nitrogens with one attached hydrogen (secondary N) is 1. The Morgan fingerprint density at radius 1 is 1.30 bits per heavy atom. The summed E-state index contributed by atoms with van der Waals surface area (Å²) in [5, 5.41) is 14.7. The Balaban J connectivity index is 1.65. The van der Waals surface area contributed by atoms with E-state index in [1.807, 2.05) is 0 Å². The quantitative estimate of drug-likeness (QED) is 0.721. The van der Waals surface area contributed by atoms with E-state index in [1.54, 1.807) is 19.2 Å².